The zero-order valence-electron chi connectivity index (χ0n) is 16.1. The summed E-state index contributed by atoms with van der Waals surface area (Å²) >= 11 is 0. The van der Waals surface area contributed by atoms with Gasteiger partial charge in [0.2, 0.25) is 0 Å². The van der Waals surface area contributed by atoms with Crippen molar-refractivity contribution >= 4 is 0 Å². The van der Waals surface area contributed by atoms with Crippen molar-refractivity contribution in [2.75, 3.05) is 13.1 Å². The molecule has 1 saturated carbocycles. The van der Waals surface area contributed by atoms with Crippen LogP contribution >= 0.6 is 0 Å². The Morgan fingerprint density at radius 3 is 2.52 bits per heavy atom. The number of fused-ring (bicyclic) bond motifs is 1. The number of benzene rings is 2. The molecule has 2 aromatic carbocycles. The predicted molar refractivity (Wildman–Crippen MR) is 104 cm³/mol. The second kappa shape index (κ2) is 8.09. The maximum Gasteiger partial charge on any atom is 0.416 e. The fourth-order valence-corrected chi connectivity index (χ4v) is 5.11. The van der Waals surface area contributed by atoms with Gasteiger partial charge in [0, 0.05) is 19.1 Å². The summed E-state index contributed by atoms with van der Waals surface area (Å²) in [5, 5.41) is 20.8. The normalized spacial score (nSPS) is 28.4. The van der Waals surface area contributed by atoms with Gasteiger partial charge in [0.25, 0.3) is 0 Å². The van der Waals surface area contributed by atoms with Crippen molar-refractivity contribution in [1.29, 1.82) is 0 Å². The van der Waals surface area contributed by atoms with E-state index in [0.29, 0.717) is 18.4 Å². The molecule has 1 aliphatic heterocycles. The lowest BCUT2D eigenvalue weighted by atomic mass is 9.90. The summed E-state index contributed by atoms with van der Waals surface area (Å²) in [7, 11) is 0. The van der Waals surface area contributed by atoms with Crippen molar-refractivity contribution in [2.45, 2.75) is 43.7 Å². The lowest BCUT2D eigenvalue weighted by molar-refractivity contribution is -0.137. The number of aliphatic hydroxyl groups excluding tert-OH is 2. The van der Waals surface area contributed by atoms with Crippen molar-refractivity contribution in [2.24, 2.45) is 11.8 Å². The summed E-state index contributed by atoms with van der Waals surface area (Å²) in [6.45, 7) is 1.05. The van der Waals surface area contributed by atoms with Crippen molar-refractivity contribution < 1.29 is 23.4 Å². The van der Waals surface area contributed by atoms with Crippen LogP contribution in [0.5, 0.6) is 0 Å². The minimum atomic E-state index is -4.42. The summed E-state index contributed by atoms with van der Waals surface area (Å²) in [6.07, 6.45) is -3.38. The molecule has 0 spiro atoms. The number of aliphatic hydroxyl groups is 2. The molecule has 1 aliphatic carbocycles. The molecule has 156 valence electrons. The predicted octanol–water partition coefficient (Wildman–Crippen LogP) is 4.05. The minimum absolute atomic E-state index is 0.167. The number of likely N-dealkylation sites (tertiary alicyclic amines) is 1. The standard InChI is InChI=1S/C23H26F3NO2/c24-23(25,26)18-8-4-7-16(10-18)22(29)14-27-13-17-11-19(28)12-20(17)21(27)9-15-5-2-1-3-6-15/h1-8,10,17,19-22,28-29H,9,11-14H2/t17-,19+,20-,21?,22?/m0/s1. The van der Waals surface area contributed by atoms with Crippen molar-refractivity contribution in [1.82, 2.24) is 4.90 Å². The molecule has 1 saturated heterocycles. The van der Waals surface area contributed by atoms with Gasteiger partial charge in [-0.3, -0.25) is 4.90 Å². The van der Waals surface area contributed by atoms with E-state index in [-0.39, 0.29) is 17.7 Å². The second-order valence-electron chi connectivity index (χ2n) is 8.40. The van der Waals surface area contributed by atoms with Crippen LogP contribution in [-0.2, 0) is 12.6 Å². The van der Waals surface area contributed by atoms with Crippen LogP contribution in [0.1, 0.15) is 35.6 Å². The summed E-state index contributed by atoms with van der Waals surface area (Å²) in [5.41, 5.74) is 0.741. The molecule has 0 bridgehead atoms. The third-order valence-corrected chi connectivity index (χ3v) is 6.45. The van der Waals surface area contributed by atoms with Crippen molar-refractivity contribution in [3.05, 3.63) is 71.3 Å². The summed E-state index contributed by atoms with van der Waals surface area (Å²) in [6, 6.07) is 15.2. The number of hydrogen-bond acceptors (Lipinski definition) is 3. The third-order valence-electron chi connectivity index (χ3n) is 6.45. The van der Waals surface area contributed by atoms with Gasteiger partial charge < -0.3 is 10.2 Å². The molecule has 0 radical (unpaired) electrons. The monoisotopic (exact) mass is 405 g/mol. The molecule has 2 aliphatic rings. The number of halogens is 3. The highest BCUT2D eigenvalue weighted by Gasteiger charge is 2.47. The third kappa shape index (κ3) is 4.49. The first kappa shape index (κ1) is 20.4. The van der Waals surface area contributed by atoms with Gasteiger partial charge in [-0.05, 0) is 54.4 Å². The van der Waals surface area contributed by atoms with Crippen molar-refractivity contribution in [3.8, 4) is 0 Å². The molecule has 2 unspecified atom stereocenters. The molecule has 5 atom stereocenters. The second-order valence-corrected chi connectivity index (χ2v) is 8.40. The highest BCUT2D eigenvalue weighted by molar-refractivity contribution is 5.27. The number of alkyl halides is 3. The Balaban J connectivity index is 1.52. The molecule has 2 fully saturated rings. The average molecular weight is 405 g/mol. The van der Waals surface area contributed by atoms with Gasteiger partial charge in [0.05, 0.1) is 17.8 Å². The van der Waals surface area contributed by atoms with Gasteiger partial charge in [-0.1, -0.05) is 42.5 Å². The lowest BCUT2D eigenvalue weighted by Gasteiger charge is -2.30. The van der Waals surface area contributed by atoms with Gasteiger partial charge in [-0.2, -0.15) is 13.2 Å². The minimum Gasteiger partial charge on any atom is -0.393 e. The summed E-state index contributed by atoms with van der Waals surface area (Å²) in [4.78, 5) is 2.21. The van der Waals surface area contributed by atoms with Crippen LogP contribution in [0.15, 0.2) is 54.6 Å². The van der Waals surface area contributed by atoms with Crippen LogP contribution in [0, 0.1) is 11.8 Å². The van der Waals surface area contributed by atoms with Gasteiger partial charge in [-0.25, -0.2) is 0 Å². The Morgan fingerprint density at radius 2 is 1.79 bits per heavy atom. The smallest absolute Gasteiger partial charge is 0.393 e. The fraction of sp³-hybridized carbons (Fsp3) is 0.478. The topological polar surface area (TPSA) is 43.7 Å². The van der Waals surface area contributed by atoms with E-state index in [9.17, 15) is 23.4 Å². The van der Waals surface area contributed by atoms with Gasteiger partial charge >= 0.3 is 6.18 Å². The average Bonchev–Trinajstić information content (AvgIpc) is 3.19. The molecule has 2 N–H and O–H groups in total. The first-order valence-electron chi connectivity index (χ1n) is 10.1. The van der Waals surface area contributed by atoms with E-state index in [0.717, 1.165) is 37.9 Å². The molecule has 2 aromatic rings. The Labute approximate surface area is 168 Å². The molecule has 0 amide bonds. The maximum absolute atomic E-state index is 13.0. The van der Waals surface area contributed by atoms with Gasteiger partial charge in [-0.15, -0.1) is 0 Å². The van der Waals surface area contributed by atoms with E-state index in [1.807, 2.05) is 18.2 Å². The van der Waals surface area contributed by atoms with E-state index in [1.54, 1.807) is 6.07 Å². The number of β-amino-alcohol motifs (C(OH)–C–C–N with tert-alkyl or cyclic N) is 1. The fourth-order valence-electron chi connectivity index (χ4n) is 5.11. The molecule has 3 nitrogen and oxygen atoms in total. The van der Waals surface area contributed by atoms with E-state index in [2.05, 4.69) is 17.0 Å². The molecule has 29 heavy (non-hydrogen) atoms. The van der Waals surface area contributed by atoms with Gasteiger partial charge in [0.15, 0.2) is 0 Å². The largest absolute Gasteiger partial charge is 0.416 e. The van der Waals surface area contributed by atoms with E-state index in [4.69, 9.17) is 0 Å². The highest BCUT2D eigenvalue weighted by atomic mass is 19.4. The number of rotatable bonds is 5. The quantitative estimate of drug-likeness (QED) is 0.789. The Hall–Kier alpha value is -1.89. The first-order valence-corrected chi connectivity index (χ1v) is 10.1. The van der Waals surface area contributed by atoms with Gasteiger partial charge in [0.1, 0.15) is 0 Å². The summed E-state index contributed by atoms with van der Waals surface area (Å²) in [5.74, 6) is 0.714. The SMILES string of the molecule is OC(CN1C[C@@H]2C[C@@H](O)C[C@@H]2C1Cc1ccccc1)c1cccc(C(F)(F)F)c1. The van der Waals surface area contributed by atoms with E-state index < -0.39 is 17.8 Å². The van der Waals surface area contributed by atoms with E-state index >= 15 is 0 Å². The molecular formula is C23H26F3NO2. The van der Waals surface area contributed by atoms with Crippen LogP contribution in [0.2, 0.25) is 0 Å². The maximum atomic E-state index is 13.0. The lowest BCUT2D eigenvalue weighted by Crippen LogP contribution is -2.38. The number of nitrogens with zero attached hydrogens (tertiary/aromatic N) is 1. The molecule has 4 rings (SSSR count). The Morgan fingerprint density at radius 1 is 1.03 bits per heavy atom. The number of hydrogen-bond donors (Lipinski definition) is 2. The summed E-state index contributed by atoms with van der Waals surface area (Å²) < 4.78 is 39.1. The first-order chi connectivity index (χ1) is 13.8. The Bertz CT molecular complexity index is 826. The van der Waals surface area contributed by atoms with Crippen LogP contribution in [-0.4, -0.2) is 40.3 Å². The highest BCUT2D eigenvalue weighted by Crippen LogP contribution is 2.44. The zero-order valence-corrected chi connectivity index (χ0v) is 16.1. The van der Waals surface area contributed by atoms with E-state index in [1.165, 1.54) is 11.6 Å². The molecule has 6 heteroatoms. The molecule has 1 heterocycles. The van der Waals surface area contributed by atoms with Crippen LogP contribution in [0.25, 0.3) is 0 Å². The Kier molecular flexibility index (Phi) is 5.69. The molecular weight excluding hydrogens is 379 g/mol. The van der Waals surface area contributed by atoms with Crippen LogP contribution < -0.4 is 0 Å². The van der Waals surface area contributed by atoms with Crippen LogP contribution in [0.3, 0.4) is 0 Å². The van der Waals surface area contributed by atoms with Crippen LogP contribution in [0.4, 0.5) is 13.2 Å². The zero-order chi connectivity index (χ0) is 20.6. The molecule has 0 aromatic heterocycles. The van der Waals surface area contributed by atoms with Crippen molar-refractivity contribution in [3.63, 3.8) is 0 Å².